The molecule has 0 radical (unpaired) electrons. The number of guanidine groups is 1. The number of hydrogen-bond donors (Lipinski definition) is 2. The summed E-state index contributed by atoms with van der Waals surface area (Å²) in [4.78, 5) is 6.89. The molecule has 0 spiro atoms. The van der Waals surface area contributed by atoms with Crippen LogP contribution in [0, 0.1) is 0 Å². The van der Waals surface area contributed by atoms with E-state index in [1.54, 1.807) is 0 Å². The number of nitrogens with zero attached hydrogens (tertiary/aromatic N) is 2. The highest BCUT2D eigenvalue weighted by Gasteiger charge is 2.13. The van der Waals surface area contributed by atoms with Crippen molar-refractivity contribution < 1.29 is 4.74 Å². The van der Waals surface area contributed by atoms with Gasteiger partial charge in [-0.15, -0.1) is 0 Å². The minimum Gasteiger partial charge on any atom is -0.378 e. The van der Waals surface area contributed by atoms with Gasteiger partial charge >= 0.3 is 0 Å². The van der Waals surface area contributed by atoms with E-state index in [-0.39, 0.29) is 0 Å². The number of ether oxygens (including phenoxy) is 1. The van der Waals surface area contributed by atoms with Crippen molar-refractivity contribution in [1.29, 1.82) is 0 Å². The Bertz CT molecular complexity index is 512. The Morgan fingerprint density at radius 1 is 1.12 bits per heavy atom. The van der Waals surface area contributed by atoms with E-state index in [2.05, 4.69) is 46.4 Å². The minimum atomic E-state index is 0.547. The van der Waals surface area contributed by atoms with Gasteiger partial charge in [-0.3, -0.25) is 0 Å². The number of para-hydroxylation sites is 1. The average Bonchev–Trinajstić information content (AvgIpc) is 2.66. The molecule has 3 N–H and O–H groups in total. The van der Waals surface area contributed by atoms with Gasteiger partial charge in [0, 0.05) is 25.3 Å². The quantitative estimate of drug-likeness (QED) is 0.388. The largest absolute Gasteiger partial charge is 0.378 e. The number of morpholine rings is 1. The summed E-state index contributed by atoms with van der Waals surface area (Å²) >= 11 is 0. The number of nitrogens with two attached hydrogens (primary N) is 1. The Morgan fingerprint density at radius 3 is 2.64 bits per heavy atom. The predicted molar refractivity (Wildman–Crippen MR) is 106 cm³/mol. The monoisotopic (exact) mass is 346 g/mol. The summed E-state index contributed by atoms with van der Waals surface area (Å²) in [7, 11) is 0. The molecule has 0 aromatic heterocycles. The zero-order valence-electron chi connectivity index (χ0n) is 15.7. The molecule has 2 rings (SSSR count). The molecule has 140 valence electrons. The molecule has 0 unspecified atom stereocenters. The van der Waals surface area contributed by atoms with E-state index in [4.69, 9.17) is 10.5 Å². The topological polar surface area (TPSA) is 62.9 Å². The van der Waals surface area contributed by atoms with Gasteiger partial charge in [0.1, 0.15) is 0 Å². The fraction of sp³-hybridized carbons (Fsp3) is 0.650. The van der Waals surface area contributed by atoms with Crippen molar-refractivity contribution in [1.82, 2.24) is 5.32 Å². The summed E-state index contributed by atoms with van der Waals surface area (Å²) in [5.41, 5.74) is 8.48. The Kier molecular flexibility index (Phi) is 9.19. The number of nitrogens with one attached hydrogen (secondary N) is 1. The second-order valence-electron chi connectivity index (χ2n) is 6.62. The number of unbranched alkanes of at least 4 members (excludes halogenated alkanes) is 5. The van der Waals surface area contributed by atoms with E-state index in [0.717, 1.165) is 39.3 Å². The number of rotatable bonds is 10. The Balaban J connectivity index is 1.74. The number of anilines is 1. The van der Waals surface area contributed by atoms with Crippen molar-refractivity contribution in [2.75, 3.05) is 37.7 Å². The van der Waals surface area contributed by atoms with Gasteiger partial charge < -0.3 is 20.7 Å². The van der Waals surface area contributed by atoms with Crippen LogP contribution in [0.2, 0.25) is 0 Å². The van der Waals surface area contributed by atoms with Crippen molar-refractivity contribution in [3.05, 3.63) is 29.8 Å². The maximum atomic E-state index is 6.02. The van der Waals surface area contributed by atoms with Crippen molar-refractivity contribution >= 4 is 11.6 Å². The molecule has 0 aliphatic carbocycles. The molecular formula is C20H34N4O. The summed E-state index contributed by atoms with van der Waals surface area (Å²) in [5.74, 6) is 0.547. The minimum absolute atomic E-state index is 0.547. The van der Waals surface area contributed by atoms with E-state index in [0.29, 0.717) is 12.5 Å². The molecule has 1 fully saturated rings. The zero-order valence-corrected chi connectivity index (χ0v) is 15.7. The SMILES string of the molecule is CCCCCCCCNC(N)=NCc1ccccc1N1CCOCC1. The number of hydrogen-bond acceptors (Lipinski definition) is 3. The van der Waals surface area contributed by atoms with E-state index >= 15 is 0 Å². The lowest BCUT2D eigenvalue weighted by Crippen LogP contribution is -2.36. The molecule has 1 heterocycles. The third-order valence-electron chi connectivity index (χ3n) is 4.60. The maximum absolute atomic E-state index is 6.02. The molecular weight excluding hydrogens is 312 g/mol. The second kappa shape index (κ2) is 11.7. The standard InChI is InChI=1S/C20H34N4O/c1-2-3-4-5-6-9-12-22-20(21)23-17-18-10-7-8-11-19(18)24-13-15-25-16-14-24/h7-8,10-11H,2-6,9,12-17H2,1H3,(H3,21,22,23). The van der Waals surface area contributed by atoms with Gasteiger partial charge in [-0.05, 0) is 18.1 Å². The van der Waals surface area contributed by atoms with Crippen molar-refractivity contribution in [3.63, 3.8) is 0 Å². The third kappa shape index (κ3) is 7.34. The fourth-order valence-electron chi connectivity index (χ4n) is 3.11. The van der Waals surface area contributed by atoms with Crippen LogP contribution in [-0.2, 0) is 11.3 Å². The average molecular weight is 347 g/mol. The smallest absolute Gasteiger partial charge is 0.188 e. The van der Waals surface area contributed by atoms with Gasteiger partial charge in [0.15, 0.2) is 5.96 Å². The highest BCUT2D eigenvalue weighted by molar-refractivity contribution is 5.77. The van der Waals surface area contributed by atoms with Crippen LogP contribution in [0.25, 0.3) is 0 Å². The Hall–Kier alpha value is -1.75. The summed E-state index contributed by atoms with van der Waals surface area (Å²) in [5, 5.41) is 3.24. The lowest BCUT2D eigenvalue weighted by atomic mass is 10.1. The van der Waals surface area contributed by atoms with Crippen LogP contribution in [0.5, 0.6) is 0 Å². The van der Waals surface area contributed by atoms with Crippen LogP contribution < -0.4 is 16.0 Å². The summed E-state index contributed by atoms with van der Waals surface area (Å²) in [6.07, 6.45) is 7.73. The van der Waals surface area contributed by atoms with E-state index in [9.17, 15) is 0 Å². The Labute approximate surface area is 152 Å². The fourth-order valence-corrected chi connectivity index (χ4v) is 3.11. The van der Waals surface area contributed by atoms with Gasteiger partial charge in [-0.1, -0.05) is 57.2 Å². The van der Waals surface area contributed by atoms with Crippen LogP contribution in [0.15, 0.2) is 29.3 Å². The predicted octanol–water partition coefficient (Wildman–Crippen LogP) is 3.29. The molecule has 1 aliphatic rings. The van der Waals surface area contributed by atoms with Gasteiger partial charge in [-0.2, -0.15) is 0 Å². The lowest BCUT2D eigenvalue weighted by Gasteiger charge is -2.30. The normalized spacial score (nSPS) is 15.4. The summed E-state index contributed by atoms with van der Waals surface area (Å²) in [6, 6.07) is 8.44. The van der Waals surface area contributed by atoms with Gasteiger partial charge in [0.05, 0.1) is 19.8 Å². The molecule has 1 aliphatic heterocycles. The molecule has 25 heavy (non-hydrogen) atoms. The first-order valence-electron chi connectivity index (χ1n) is 9.75. The molecule has 1 aromatic rings. The van der Waals surface area contributed by atoms with Crippen LogP contribution in [0.3, 0.4) is 0 Å². The molecule has 0 atom stereocenters. The summed E-state index contributed by atoms with van der Waals surface area (Å²) in [6.45, 7) is 7.23. The highest BCUT2D eigenvalue weighted by Crippen LogP contribution is 2.22. The van der Waals surface area contributed by atoms with Gasteiger partial charge in [0.2, 0.25) is 0 Å². The maximum Gasteiger partial charge on any atom is 0.188 e. The first-order valence-corrected chi connectivity index (χ1v) is 9.75. The van der Waals surface area contributed by atoms with E-state index < -0.39 is 0 Å². The number of aliphatic imine (C=N–C) groups is 1. The summed E-state index contributed by atoms with van der Waals surface area (Å²) < 4.78 is 5.45. The molecule has 0 amide bonds. The zero-order chi connectivity index (χ0) is 17.7. The van der Waals surface area contributed by atoms with Crippen molar-refractivity contribution in [2.24, 2.45) is 10.7 Å². The molecule has 5 nitrogen and oxygen atoms in total. The highest BCUT2D eigenvalue weighted by atomic mass is 16.5. The molecule has 1 aromatic carbocycles. The van der Waals surface area contributed by atoms with E-state index in [1.165, 1.54) is 43.4 Å². The van der Waals surface area contributed by atoms with Gasteiger partial charge in [-0.25, -0.2) is 4.99 Å². The third-order valence-corrected chi connectivity index (χ3v) is 4.60. The first-order chi connectivity index (χ1) is 12.3. The second-order valence-corrected chi connectivity index (χ2v) is 6.62. The Morgan fingerprint density at radius 2 is 1.84 bits per heavy atom. The van der Waals surface area contributed by atoms with Crippen LogP contribution in [0.1, 0.15) is 51.0 Å². The molecule has 0 bridgehead atoms. The molecule has 0 saturated carbocycles. The molecule has 1 saturated heterocycles. The van der Waals surface area contributed by atoms with Crippen molar-refractivity contribution in [2.45, 2.75) is 52.0 Å². The van der Waals surface area contributed by atoms with Crippen LogP contribution in [-0.4, -0.2) is 38.8 Å². The van der Waals surface area contributed by atoms with Crippen LogP contribution >= 0.6 is 0 Å². The molecule has 5 heteroatoms. The van der Waals surface area contributed by atoms with Crippen LogP contribution in [0.4, 0.5) is 5.69 Å². The lowest BCUT2D eigenvalue weighted by molar-refractivity contribution is 0.122. The van der Waals surface area contributed by atoms with Crippen molar-refractivity contribution in [3.8, 4) is 0 Å². The van der Waals surface area contributed by atoms with Gasteiger partial charge in [0.25, 0.3) is 0 Å². The first kappa shape index (κ1) is 19.6. The van der Waals surface area contributed by atoms with E-state index in [1.807, 2.05) is 0 Å². The number of benzene rings is 1.